The highest BCUT2D eigenvalue weighted by molar-refractivity contribution is 14.1. The van der Waals surface area contributed by atoms with Crippen LogP contribution >= 0.6 is 22.6 Å². The Balaban J connectivity index is 1.76. The van der Waals surface area contributed by atoms with Crippen LogP contribution in [0.5, 0.6) is 0 Å². The lowest BCUT2D eigenvalue weighted by molar-refractivity contribution is -0.0189. The Labute approximate surface area is 199 Å². The molecule has 3 atom stereocenters. The third-order valence-corrected chi connectivity index (χ3v) is 6.09. The quantitative estimate of drug-likeness (QED) is 0.375. The van der Waals surface area contributed by atoms with Crippen molar-refractivity contribution in [2.75, 3.05) is 12.8 Å². The van der Waals surface area contributed by atoms with Crippen molar-refractivity contribution in [3.63, 3.8) is 0 Å². The van der Waals surface area contributed by atoms with Crippen LogP contribution in [-0.4, -0.2) is 49.7 Å². The van der Waals surface area contributed by atoms with E-state index in [0.29, 0.717) is 12.1 Å². The molecule has 7 nitrogen and oxygen atoms in total. The molecule has 0 bridgehead atoms. The first kappa shape index (κ1) is 24.8. The topological polar surface area (TPSA) is 90.9 Å². The van der Waals surface area contributed by atoms with Crippen LogP contribution in [0.25, 0.3) is 0 Å². The van der Waals surface area contributed by atoms with Gasteiger partial charge in [-0.3, -0.25) is 0 Å². The van der Waals surface area contributed by atoms with Crippen molar-refractivity contribution >= 4 is 32.6 Å². The summed E-state index contributed by atoms with van der Waals surface area (Å²) in [5.74, 6) is -1.46. The number of benzene rings is 2. The number of nitrogens with one attached hydrogen (secondary N) is 2. The lowest BCUT2D eigenvalue weighted by atomic mass is 9.99. The third kappa shape index (κ3) is 7.37. The summed E-state index contributed by atoms with van der Waals surface area (Å²) in [6, 6.07) is 10.3. The number of ether oxygens (including phenoxy) is 1. The van der Waals surface area contributed by atoms with Crippen molar-refractivity contribution in [1.82, 2.24) is 14.9 Å². The van der Waals surface area contributed by atoms with Gasteiger partial charge in [-0.2, -0.15) is 4.72 Å². The van der Waals surface area contributed by atoms with Gasteiger partial charge in [-0.15, -0.1) is 0 Å². The normalized spacial score (nSPS) is 17.9. The maximum absolute atomic E-state index is 13.7. The molecule has 1 heterocycles. The summed E-state index contributed by atoms with van der Waals surface area (Å²) in [6.45, 7) is 0.663. The molecule has 3 rings (SSSR count). The van der Waals surface area contributed by atoms with E-state index < -0.39 is 40.2 Å². The maximum atomic E-state index is 13.7. The lowest BCUT2D eigenvalue weighted by Crippen LogP contribution is -2.54. The van der Waals surface area contributed by atoms with Crippen LogP contribution in [0.3, 0.4) is 0 Å². The summed E-state index contributed by atoms with van der Waals surface area (Å²) in [5.41, 5.74) is 1.36. The zero-order valence-corrected chi connectivity index (χ0v) is 20.2. The van der Waals surface area contributed by atoms with E-state index in [9.17, 15) is 22.3 Å². The average molecular weight is 579 g/mol. The van der Waals surface area contributed by atoms with Gasteiger partial charge < -0.3 is 20.1 Å². The van der Waals surface area contributed by atoms with Gasteiger partial charge in [0.05, 0.1) is 18.4 Å². The van der Waals surface area contributed by atoms with Gasteiger partial charge in [-0.05, 0) is 64.4 Å². The second-order valence-electron chi connectivity index (χ2n) is 7.49. The molecule has 1 aliphatic rings. The molecule has 0 saturated heterocycles. The van der Waals surface area contributed by atoms with Gasteiger partial charge in [0.2, 0.25) is 16.4 Å². The maximum Gasteiger partial charge on any atom is 0.241 e. The Morgan fingerprint density at radius 2 is 1.91 bits per heavy atom. The minimum Gasteiger partial charge on any atom is -0.462 e. The van der Waals surface area contributed by atoms with Crippen LogP contribution in [0.2, 0.25) is 0 Å². The molecule has 3 N–H and O–H groups in total. The SMILES string of the molecule is CS(=O)(=O)NC1OC=CN1[C@@H](Cc1cc(F)cc(F)c1)[C@H](O)CNCc1cccc(I)c1. The number of aliphatic hydroxyl groups is 1. The molecule has 0 saturated carbocycles. The third-order valence-electron chi connectivity index (χ3n) is 4.79. The van der Waals surface area contributed by atoms with E-state index in [4.69, 9.17) is 4.74 Å². The van der Waals surface area contributed by atoms with Crippen molar-refractivity contribution in [3.05, 3.63) is 81.3 Å². The lowest BCUT2D eigenvalue weighted by Gasteiger charge is -2.35. The fourth-order valence-electron chi connectivity index (χ4n) is 3.44. The average Bonchev–Trinajstić information content (AvgIpc) is 3.11. The van der Waals surface area contributed by atoms with E-state index in [-0.39, 0.29) is 13.0 Å². The zero-order chi connectivity index (χ0) is 23.3. The van der Waals surface area contributed by atoms with Crippen molar-refractivity contribution in [2.24, 2.45) is 0 Å². The molecular formula is C21H24F2IN3O4S. The molecule has 0 radical (unpaired) electrons. The first-order valence-electron chi connectivity index (χ1n) is 9.76. The van der Waals surface area contributed by atoms with Crippen LogP contribution in [-0.2, 0) is 27.7 Å². The molecule has 0 fully saturated rings. The minimum atomic E-state index is -3.62. The Morgan fingerprint density at radius 1 is 1.19 bits per heavy atom. The monoisotopic (exact) mass is 579 g/mol. The summed E-state index contributed by atoms with van der Waals surface area (Å²) in [6.07, 6.45) is 1.73. The predicted molar refractivity (Wildman–Crippen MR) is 125 cm³/mol. The van der Waals surface area contributed by atoms with Crippen molar-refractivity contribution in [1.29, 1.82) is 0 Å². The van der Waals surface area contributed by atoms with E-state index in [1.54, 1.807) is 0 Å². The van der Waals surface area contributed by atoms with E-state index in [0.717, 1.165) is 21.5 Å². The van der Waals surface area contributed by atoms with E-state index in [1.165, 1.54) is 29.5 Å². The molecule has 0 aliphatic carbocycles. The summed E-state index contributed by atoms with van der Waals surface area (Å²) < 4.78 is 59.6. The number of hydrogen-bond acceptors (Lipinski definition) is 6. The highest BCUT2D eigenvalue weighted by Crippen LogP contribution is 2.21. The standard InChI is InChI=1S/C21H24F2IN3O4S/c1-32(29,30)26-21-27(5-6-31-21)19(10-15-7-16(22)11-17(23)8-15)20(28)13-25-12-14-3-2-4-18(24)9-14/h2-9,11,19-21,25-26,28H,10,12-13H2,1H3/t19-,20+,21?/m0/s1. The van der Waals surface area contributed by atoms with Crippen molar-refractivity contribution in [2.45, 2.75) is 31.5 Å². The summed E-state index contributed by atoms with van der Waals surface area (Å²) in [5, 5.41) is 14.1. The molecule has 0 aromatic heterocycles. The van der Waals surface area contributed by atoms with E-state index in [1.807, 2.05) is 24.3 Å². The molecule has 0 amide bonds. The molecule has 2 aromatic rings. The molecule has 2 aromatic carbocycles. The molecule has 1 aliphatic heterocycles. The van der Waals surface area contributed by atoms with E-state index in [2.05, 4.69) is 32.6 Å². The molecular weight excluding hydrogens is 555 g/mol. The number of hydrogen-bond donors (Lipinski definition) is 3. The van der Waals surface area contributed by atoms with Gasteiger partial charge in [0.1, 0.15) is 17.9 Å². The highest BCUT2D eigenvalue weighted by Gasteiger charge is 2.34. The second-order valence-corrected chi connectivity index (χ2v) is 10.5. The van der Waals surface area contributed by atoms with Crippen molar-refractivity contribution in [3.8, 4) is 0 Å². The van der Waals surface area contributed by atoms with Gasteiger partial charge in [0, 0.05) is 28.9 Å². The number of halogens is 3. The predicted octanol–water partition coefficient (Wildman–Crippen LogP) is 2.27. The van der Waals surface area contributed by atoms with Crippen LogP contribution in [0.15, 0.2) is 54.9 Å². The van der Waals surface area contributed by atoms with Crippen molar-refractivity contribution < 1.29 is 27.0 Å². The van der Waals surface area contributed by atoms with Gasteiger partial charge in [0.25, 0.3) is 0 Å². The van der Waals surface area contributed by atoms with Gasteiger partial charge >= 0.3 is 0 Å². The number of sulfonamides is 1. The molecule has 174 valence electrons. The van der Waals surface area contributed by atoms with Gasteiger partial charge in [-0.1, -0.05) is 12.1 Å². The fraction of sp³-hybridized carbons (Fsp3) is 0.333. The van der Waals surface area contributed by atoms with Crippen LogP contribution in [0, 0.1) is 15.2 Å². The van der Waals surface area contributed by atoms with Crippen LogP contribution in [0.1, 0.15) is 11.1 Å². The minimum absolute atomic E-state index is 0.0520. The van der Waals surface area contributed by atoms with E-state index >= 15 is 0 Å². The molecule has 32 heavy (non-hydrogen) atoms. The first-order chi connectivity index (χ1) is 15.1. The summed E-state index contributed by atoms with van der Waals surface area (Å²) in [7, 11) is -3.62. The Hall–Kier alpha value is -1.80. The summed E-state index contributed by atoms with van der Waals surface area (Å²) >= 11 is 2.21. The summed E-state index contributed by atoms with van der Waals surface area (Å²) in [4.78, 5) is 1.49. The van der Waals surface area contributed by atoms with Gasteiger partial charge in [-0.25, -0.2) is 17.2 Å². The van der Waals surface area contributed by atoms with Crippen LogP contribution in [0.4, 0.5) is 8.78 Å². The molecule has 1 unspecified atom stereocenters. The first-order valence-corrected chi connectivity index (χ1v) is 12.7. The van der Waals surface area contributed by atoms with Crippen LogP contribution < -0.4 is 10.0 Å². The molecule has 11 heteroatoms. The number of aliphatic hydroxyl groups excluding tert-OH is 1. The smallest absolute Gasteiger partial charge is 0.241 e. The van der Waals surface area contributed by atoms with Gasteiger partial charge in [0.15, 0.2) is 0 Å². The largest absolute Gasteiger partial charge is 0.462 e. The number of nitrogens with zero attached hydrogens (tertiary/aromatic N) is 1. The highest BCUT2D eigenvalue weighted by atomic mass is 127. The molecule has 0 spiro atoms. The zero-order valence-electron chi connectivity index (χ0n) is 17.2. The number of rotatable bonds is 10. The Morgan fingerprint density at radius 3 is 2.56 bits per heavy atom. The second kappa shape index (κ2) is 10.9. The Bertz CT molecular complexity index is 1050. The fourth-order valence-corrected chi connectivity index (χ4v) is 4.59. The Kier molecular flexibility index (Phi) is 8.44.